The first kappa shape index (κ1) is 13.8. The van der Waals surface area contributed by atoms with E-state index in [9.17, 15) is 0 Å². The van der Waals surface area contributed by atoms with Crippen LogP contribution in [0.2, 0.25) is 16.0 Å². The molecule has 0 aliphatic heterocycles. The van der Waals surface area contributed by atoms with Gasteiger partial charge in [-0.1, -0.05) is 0 Å². The van der Waals surface area contributed by atoms with Gasteiger partial charge >= 0.3 is 113 Å². The summed E-state index contributed by atoms with van der Waals surface area (Å²) in [4.78, 5) is 0. The van der Waals surface area contributed by atoms with E-state index in [0.29, 0.717) is 44.9 Å². The second-order valence-corrected chi connectivity index (χ2v) is 11.4. The molecular weight excluding hydrogens is 381 g/mol. The molecule has 0 aromatic heterocycles. The fraction of sp³-hybridized carbons (Fsp3) is 0.500. The average molecular weight is 399 g/mol. The van der Waals surface area contributed by atoms with Crippen molar-refractivity contribution in [3.05, 3.63) is 18.2 Å². The molecule has 1 aromatic rings. The Hall–Kier alpha value is 0.778. The van der Waals surface area contributed by atoms with Crippen molar-refractivity contribution in [3.8, 4) is 0 Å². The van der Waals surface area contributed by atoms with Gasteiger partial charge in [-0.3, -0.25) is 0 Å². The zero-order chi connectivity index (χ0) is 11.1. The molecule has 0 unspecified atom stereocenters. The van der Waals surface area contributed by atoms with E-state index >= 15 is 0 Å². The zero-order valence-corrected chi connectivity index (χ0v) is 14.7. The van der Waals surface area contributed by atoms with Crippen LogP contribution in [0.15, 0.2) is 18.2 Å². The van der Waals surface area contributed by atoms with Crippen molar-refractivity contribution in [3.63, 3.8) is 0 Å². The molecule has 1 rings (SSSR count). The standard InChI is InChI=1S/C12H18Se3/c1-4-13-10-7-11(14-5-2)9-12(8-10)15-6-3/h7-9H,4-6H2,1-3H3. The predicted molar refractivity (Wildman–Crippen MR) is 74.0 cm³/mol. The molecule has 0 atom stereocenters. The van der Waals surface area contributed by atoms with Gasteiger partial charge in [0.2, 0.25) is 0 Å². The van der Waals surface area contributed by atoms with Gasteiger partial charge in [-0.2, -0.15) is 0 Å². The van der Waals surface area contributed by atoms with Crippen LogP contribution in [-0.4, -0.2) is 44.9 Å². The van der Waals surface area contributed by atoms with Gasteiger partial charge in [0.1, 0.15) is 0 Å². The van der Waals surface area contributed by atoms with Crippen LogP contribution in [0.25, 0.3) is 0 Å². The molecule has 3 heteroatoms. The minimum atomic E-state index is 0.707. The van der Waals surface area contributed by atoms with Crippen LogP contribution in [-0.2, 0) is 0 Å². The number of benzene rings is 1. The van der Waals surface area contributed by atoms with Crippen LogP contribution in [0, 0.1) is 0 Å². The van der Waals surface area contributed by atoms with E-state index in [4.69, 9.17) is 0 Å². The molecule has 0 aliphatic rings. The third kappa shape index (κ3) is 5.09. The molecule has 0 radical (unpaired) electrons. The van der Waals surface area contributed by atoms with Gasteiger partial charge in [0.05, 0.1) is 0 Å². The molecule has 0 bridgehead atoms. The quantitative estimate of drug-likeness (QED) is 0.627. The van der Waals surface area contributed by atoms with Crippen molar-refractivity contribution >= 4 is 58.3 Å². The summed E-state index contributed by atoms with van der Waals surface area (Å²) in [6.45, 7) is 6.88. The Morgan fingerprint density at radius 3 is 1.13 bits per heavy atom. The van der Waals surface area contributed by atoms with Gasteiger partial charge in [-0.15, -0.1) is 0 Å². The Labute approximate surface area is 112 Å². The molecule has 0 nitrogen and oxygen atoms in total. The average Bonchev–Trinajstić information content (AvgIpc) is 2.19. The summed E-state index contributed by atoms with van der Waals surface area (Å²) in [7, 11) is 0. The topological polar surface area (TPSA) is 0 Å². The van der Waals surface area contributed by atoms with Crippen molar-refractivity contribution in [2.45, 2.75) is 36.7 Å². The zero-order valence-electron chi connectivity index (χ0n) is 9.58. The summed E-state index contributed by atoms with van der Waals surface area (Å²) in [5.41, 5.74) is 0. The molecule has 0 fully saturated rings. The Kier molecular flexibility index (Phi) is 7.34. The molecule has 0 N–H and O–H groups in total. The van der Waals surface area contributed by atoms with E-state index in [-0.39, 0.29) is 0 Å². The molecular formula is C12H18Se3. The monoisotopic (exact) mass is 402 g/mol. The van der Waals surface area contributed by atoms with Crippen molar-refractivity contribution in [1.29, 1.82) is 0 Å². The van der Waals surface area contributed by atoms with E-state index in [1.807, 2.05) is 0 Å². The molecule has 0 amide bonds. The summed E-state index contributed by atoms with van der Waals surface area (Å²) in [5, 5.41) is 3.98. The van der Waals surface area contributed by atoms with Crippen LogP contribution < -0.4 is 13.4 Å². The van der Waals surface area contributed by atoms with Crippen LogP contribution in [0.4, 0.5) is 0 Å². The van der Waals surface area contributed by atoms with Gasteiger partial charge in [0, 0.05) is 0 Å². The van der Waals surface area contributed by atoms with E-state index in [1.54, 1.807) is 13.4 Å². The van der Waals surface area contributed by atoms with Crippen LogP contribution in [0.1, 0.15) is 20.8 Å². The number of rotatable bonds is 6. The first-order valence-electron chi connectivity index (χ1n) is 5.33. The second kappa shape index (κ2) is 7.96. The SMILES string of the molecule is CC[Se]c1cc([Se]CC)cc([Se]CC)c1. The molecule has 0 heterocycles. The molecule has 0 aliphatic carbocycles. The summed E-state index contributed by atoms with van der Waals surface area (Å²) in [5.74, 6) is 0. The number of hydrogen-bond donors (Lipinski definition) is 0. The second-order valence-electron chi connectivity index (χ2n) is 2.94. The van der Waals surface area contributed by atoms with Gasteiger partial charge < -0.3 is 0 Å². The van der Waals surface area contributed by atoms with Crippen molar-refractivity contribution in [2.24, 2.45) is 0 Å². The summed E-state index contributed by atoms with van der Waals surface area (Å²) < 4.78 is 4.88. The van der Waals surface area contributed by atoms with Gasteiger partial charge in [0.15, 0.2) is 0 Å². The van der Waals surface area contributed by atoms with Gasteiger partial charge in [-0.25, -0.2) is 0 Å². The fourth-order valence-electron chi connectivity index (χ4n) is 1.30. The van der Waals surface area contributed by atoms with Crippen molar-refractivity contribution in [1.82, 2.24) is 0 Å². The summed E-state index contributed by atoms with van der Waals surface area (Å²) in [6.07, 6.45) is 0. The van der Waals surface area contributed by atoms with Crippen molar-refractivity contribution < 1.29 is 0 Å². The van der Waals surface area contributed by atoms with Crippen molar-refractivity contribution in [2.75, 3.05) is 0 Å². The Balaban J connectivity index is 2.86. The van der Waals surface area contributed by atoms with Gasteiger partial charge in [0.25, 0.3) is 0 Å². The Bertz CT molecular complexity index is 237. The van der Waals surface area contributed by atoms with Gasteiger partial charge in [-0.05, 0) is 0 Å². The fourth-order valence-corrected chi connectivity index (χ4v) is 7.18. The summed E-state index contributed by atoms with van der Waals surface area (Å²) >= 11 is 2.12. The third-order valence-corrected chi connectivity index (χ3v) is 7.19. The summed E-state index contributed by atoms with van der Waals surface area (Å²) in [6, 6.07) is 7.38. The maximum atomic E-state index is 2.46. The first-order chi connectivity index (χ1) is 7.30. The molecule has 0 spiro atoms. The molecule has 0 saturated carbocycles. The minimum absolute atomic E-state index is 0.707. The first-order valence-corrected chi connectivity index (χ1v) is 11.5. The Morgan fingerprint density at radius 1 is 0.667 bits per heavy atom. The van der Waals surface area contributed by atoms with E-state index in [1.165, 1.54) is 16.0 Å². The number of hydrogen-bond acceptors (Lipinski definition) is 0. The predicted octanol–water partition coefficient (Wildman–Crippen LogP) is 0.990. The Morgan fingerprint density at radius 2 is 0.933 bits per heavy atom. The van der Waals surface area contributed by atoms with E-state index in [0.717, 1.165) is 0 Å². The molecule has 84 valence electrons. The molecule has 0 saturated heterocycles. The third-order valence-electron chi connectivity index (χ3n) is 1.79. The van der Waals surface area contributed by atoms with Crippen LogP contribution in [0.3, 0.4) is 0 Å². The van der Waals surface area contributed by atoms with Crippen LogP contribution >= 0.6 is 0 Å². The normalized spacial score (nSPS) is 10.6. The maximum absolute atomic E-state index is 2.46. The van der Waals surface area contributed by atoms with Crippen LogP contribution in [0.5, 0.6) is 0 Å². The van der Waals surface area contributed by atoms with E-state index in [2.05, 4.69) is 39.0 Å². The molecule has 1 aromatic carbocycles. The van der Waals surface area contributed by atoms with E-state index < -0.39 is 0 Å². The molecule has 15 heavy (non-hydrogen) atoms.